The molecule has 0 spiro atoms. The maximum Gasteiger partial charge on any atom is 0.337 e. The molecule has 0 bridgehead atoms. The zero-order valence-electron chi connectivity index (χ0n) is 16.8. The molecule has 0 amide bonds. The van der Waals surface area contributed by atoms with E-state index in [9.17, 15) is 14.7 Å². The average molecular weight is 403 g/mol. The van der Waals surface area contributed by atoms with E-state index in [-0.39, 0.29) is 17.0 Å². The fourth-order valence-electron chi connectivity index (χ4n) is 3.55. The molecule has 0 radical (unpaired) electrons. The number of hydrogen-bond acceptors (Lipinski definition) is 5. The van der Waals surface area contributed by atoms with E-state index in [2.05, 4.69) is 10.4 Å². The molecule has 152 valence electrons. The third-order valence-corrected chi connectivity index (χ3v) is 4.99. The van der Waals surface area contributed by atoms with Gasteiger partial charge in [-0.25, -0.2) is 4.79 Å². The van der Waals surface area contributed by atoms with Crippen LogP contribution in [0.5, 0.6) is 0 Å². The van der Waals surface area contributed by atoms with Crippen LogP contribution in [0.4, 0.5) is 5.69 Å². The van der Waals surface area contributed by atoms with Gasteiger partial charge in [0, 0.05) is 30.6 Å². The summed E-state index contributed by atoms with van der Waals surface area (Å²) in [6, 6.07) is 11.6. The summed E-state index contributed by atoms with van der Waals surface area (Å²) in [6.45, 7) is 3.82. The lowest BCUT2D eigenvalue weighted by molar-refractivity contribution is 0.0698. The molecule has 0 aliphatic carbocycles. The van der Waals surface area contributed by atoms with E-state index in [1.165, 1.54) is 6.07 Å². The van der Waals surface area contributed by atoms with Crippen molar-refractivity contribution in [2.45, 2.75) is 19.9 Å². The second-order valence-corrected chi connectivity index (χ2v) is 7.33. The molecule has 2 aromatic carbocycles. The lowest BCUT2D eigenvalue weighted by Gasteiger charge is -2.19. The number of aryl methyl sites for hydroxylation is 2. The van der Waals surface area contributed by atoms with Gasteiger partial charge in [-0.1, -0.05) is 18.2 Å². The lowest BCUT2D eigenvalue weighted by atomic mass is 10.0. The Hall–Kier alpha value is -3.87. The van der Waals surface area contributed by atoms with Gasteiger partial charge in [0.25, 0.3) is 0 Å². The predicted molar refractivity (Wildman–Crippen MR) is 115 cm³/mol. The number of hydrogen-bond donors (Lipinski definition) is 2. The van der Waals surface area contributed by atoms with Crippen molar-refractivity contribution in [3.05, 3.63) is 81.8 Å². The largest absolute Gasteiger partial charge is 0.478 e. The molecular weight excluding hydrogens is 382 g/mol. The molecular formula is C23H21N3O4. The van der Waals surface area contributed by atoms with Crippen LogP contribution in [0.3, 0.4) is 0 Å². The summed E-state index contributed by atoms with van der Waals surface area (Å²) in [5.74, 6) is -0.575. The summed E-state index contributed by atoms with van der Waals surface area (Å²) >= 11 is 0. The maximum atomic E-state index is 12.8. The Morgan fingerprint density at radius 1 is 1.23 bits per heavy atom. The molecule has 4 aromatic rings. The van der Waals surface area contributed by atoms with Gasteiger partial charge in [0.15, 0.2) is 5.43 Å². The molecule has 1 atom stereocenters. The molecule has 30 heavy (non-hydrogen) atoms. The Kier molecular flexibility index (Phi) is 4.87. The van der Waals surface area contributed by atoms with Crippen molar-refractivity contribution in [3.8, 4) is 11.3 Å². The van der Waals surface area contributed by atoms with Crippen LogP contribution in [0.15, 0.2) is 64.1 Å². The maximum absolute atomic E-state index is 12.8. The number of aromatic carboxylic acids is 1. The van der Waals surface area contributed by atoms with Gasteiger partial charge >= 0.3 is 5.97 Å². The summed E-state index contributed by atoms with van der Waals surface area (Å²) in [4.78, 5) is 24.4. The van der Waals surface area contributed by atoms with E-state index in [1.54, 1.807) is 54.5 Å². The molecule has 0 aliphatic heterocycles. The van der Waals surface area contributed by atoms with Crippen molar-refractivity contribution in [2.75, 3.05) is 5.32 Å². The molecule has 0 saturated carbocycles. The van der Waals surface area contributed by atoms with Gasteiger partial charge in [-0.15, -0.1) is 0 Å². The molecule has 2 aromatic heterocycles. The quantitative estimate of drug-likeness (QED) is 0.513. The van der Waals surface area contributed by atoms with Crippen LogP contribution in [0.25, 0.3) is 22.3 Å². The second kappa shape index (κ2) is 7.51. The van der Waals surface area contributed by atoms with Gasteiger partial charge in [-0.3, -0.25) is 9.48 Å². The van der Waals surface area contributed by atoms with Crippen molar-refractivity contribution in [2.24, 2.45) is 7.05 Å². The Morgan fingerprint density at radius 2 is 2.00 bits per heavy atom. The van der Waals surface area contributed by atoms with E-state index >= 15 is 0 Å². The van der Waals surface area contributed by atoms with Crippen LogP contribution in [-0.2, 0) is 7.05 Å². The van der Waals surface area contributed by atoms with Gasteiger partial charge in [0.05, 0.1) is 28.8 Å². The minimum Gasteiger partial charge on any atom is -0.478 e. The smallest absolute Gasteiger partial charge is 0.337 e. The summed E-state index contributed by atoms with van der Waals surface area (Å²) in [5, 5.41) is 17.3. The van der Waals surface area contributed by atoms with Crippen LogP contribution in [0.2, 0.25) is 0 Å². The van der Waals surface area contributed by atoms with E-state index < -0.39 is 5.97 Å². The molecule has 0 fully saturated rings. The fourth-order valence-corrected chi connectivity index (χ4v) is 3.55. The molecule has 4 rings (SSSR count). The number of fused-ring (bicyclic) bond motifs is 1. The third kappa shape index (κ3) is 3.57. The molecule has 0 aliphatic rings. The third-order valence-electron chi connectivity index (χ3n) is 4.99. The highest BCUT2D eigenvalue weighted by atomic mass is 16.4. The number of nitrogens with one attached hydrogen (secondary N) is 1. The van der Waals surface area contributed by atoms with Gasteiger partial charge in [0.2, 0.25) is 0 Å². The van der Waals surface area contributed by atoms with E-state index in [0.29, 0.717) is 28.0 Å². The molecule has 0 unspecified atom stereocenters. The number of para-hydroxylation sites is 1. The lowest BCUT2D eigenvalue weighted by Crippen LogP contribution is -2.12. The summed E-state index contributed by atoms with van der Waals surface area (Å²) in [5.41, 5.74) is 3.40. The zero-order valence-corrected chi connectivity index (χ0v) is 16.8. The summed E-state index contributed by atoms with van der Waals surface area (Å²) < 4.78 is 7.80. The topological polar surface area (TPSA) is 97.4 Å². The van der Waals surface area contributed by atoms with E-state index in [0.717, 1.165) is 11.1 Å². The first kappa shape index (κ1) is 19.4. The van der Waals surface area contributed by atoms with Crippen molar-refractivity contribution < 1.29 is 14.3 Å². The van der Waals surface area contributed by atoms with Gasteiger partial charge in [-0.05, 0) is 37.6 Å². The molecule has 0 saturated heterocycles. The molecule has 7 heteroatoms. The first-order valence-corrected chi connectivity index (χ1v) is 9.50. The van der Waals surface area contributed by atoms with Crippen molar-refractivity contribution in [3.63, 3.8) is 0 Å². The molecule has 2 N–H and O–H groups in total. The van der Waals surface area contributed by atoms with Crippen LogP contribution in [-0.4, -0.2) is 20.9 Å². The van der Waals surface area contributed by atoms with Crippen molar-refractivity contribution >= 4 is 22.6 Å². The molecule has 2 heterocycles. The van der Waals surface area contributed by atoms with Gasteiger partial charge in [0.1, 0.15) is 11.3 Å². The number of carbonyl (C=O) groups is 1. The van der Waals surface area contributed by atoms with E-state index in [4.69, 9.17) is 4.42 Å². The number of rotatable bonds is 5. The van der Waals surface area contributed by atoms with E-state index in [1.807, 2.05) is 19.9 Å². The Labute approximate surface area is 172 Å². The normalized spacial score (nSPS) is 12.1. The average Bonchev–Trinajstić information content (AvgIpc) is 3.14. The standard InChI is InChI=1S/C23H21N3O4/c1-13-8-17(14(2)25-19-7-5-4-6-16(19)23(28)29)22-18(9-13)20(27)10-21(30-22)15-11-24-26(3)12-15/h4-12,14,25H,1-3H3,(H,28,29)/t14-/m1/s1. The van der Waals surface area contributed by atoms with Crippen molar-refractivity contribution in [1.82, 2.24) is 9.78 Å². The number of carboxylic acid groups (broad SMARTS) is 1. The van der Waals surface area contributed by atoms with Crippen LogP contribution in [0, 0.1) is 6.92 Å². The highest BCUT2D eigenvalue weighted by Gasteiger charge is 2.18. The minimum absolute atomic E-state index is 0.141. The first-order valence-electron chi connectivity index (χ1n) is 9.50. The summed E-state index contributed by atoms with van der Waals surface area (Å²) in [6.07, 6.45) is 3.42. The van der Waals surface area contributed by atoms with Crippen LogP contribution >= 0.6 is 0 Å². The van der Waals surface area contributed by atoms with Gasteiger partial charge in [-0.2, -0.15) is 5.10 Å². The van der Waals surface area contributed by atoms with Crippen LogP contribution < -0.4 is 10.7 Å². The highest BCUT2D eigenvalue weighted by molar-refractivity contribution is 5.94. The number of nitrogens with zero attached hydrogens (tertiary/aromatic N) is 2. The predicted octanol–water partition coefficient (Wildman–Crippen LogP) is 4.37. The highest BCUT2D eigenvalue weighted by Crippen LogP contribution is 2.31. The fraction of sp³-hybridized carbons (Fsp3) is 0.174. The monoisotopic (exact) mass is 403 g/mol. The Balaban J connectivity index is 1.84. The number of benzene rings is 2. The first-order chi connectivity index (χ1) is 14.3. The van der Waals surface area contributed by atoms with Gasteiger partial charge < -0.3 is 14.8 Å². The second-order valence-electron chi connectivity index (χ2n) is 7.33. The zero-order chi connectivity index (χ0) is 21.4. The number of aromatic nitrogens is 2. The SMILES string of the molecule is Cc1cc([C@@H](C)Nc2ccccc2C(=O)O)c2oc(-c3cnn(C)c3)cc(=O)c2c1. The van der Waals surface area contributed by atoms with Crippen LogP contribution in [0.1, 0.15) is 34.5 Å². The Bertz CT molecular complexity index is 1320. The van der Waals surface area contributed by atoms with Crippen molar-refractivity contribution in [1.29, 1.82) is 0 Å². The summed E-state index contributed by atoms with van der Waals surface area (Å²) in [7, 11) is 1.79. The molecule has 7 nitrogen and oxygen atoms in total. The number of anilines is 1. The minimum atomic E-state index is -1.01. The Morgan fingerprint density at radius 3 is 2.70 bits per heavy atom. The number of carboxylic acids is 1.